The van der Waals surface area contributed by atoms with E-state index >= 15 is 0 Å². The minimum Gasteiger partial charge on any atom is -0.0767 e. The molecule has 0 heterocycles. The minimum absolute atomic E-state index is 0. The molecule has 4 nitrogen and oxygen atoms in total. The molecule has 1 N–H and O–H groups in total. The first kappa shape index (κ1) is 27.3. The predicted octanol–water partition coefficient (Wildman–Crippen LogP) is 4.26. The van der Waals surface area contributed by atoms with Gasteiger partial charge >= 0.3 is 22.6 Å². The average Bonchev–Trinajstić information content (AvgIpc) is 3.35. The smallest absolute Gasteiger partial charge is 0.00506 e. The van der Waals surface area contributed by atoms with Crippen molar-refractivity contribution in [1.29, 1.82) is 0 Å². The number of allylic oxidation sites excluding steroid dienone is 4. The molecule has 0 unspecified atom stereocenters. The Morgan fingerprint density at radius 2 is 1.32 bits per heavy atom. The van der Waals surface area contributed by atoms with Crippen molar-refractivity contribution in [2.75, 3.05) is 0 Å². The van der Waals surface area contributed by atoms with Crippen molar-refractivity contribution < 1.29 is 31.2 Å². The molecular formula is C23H20MnNO3. The molecule has 0 aromatic heterocycles. The summed E-state index contributed by atoms with van der Waals surface area (Å²) in [5.74, 6) is -0.0808. The molecule has 1 aliphatic carbocycles. The van der Waals surface area contributed by atoms with Crippen LogP contribution in [0.3, 0.4) is 0 Å². The van der Waals surface area contributed by atoms with Gasteiger partial charge in [0.2, 0.25) is 5.91 Å². The van der Waals surface area contributed by atoms with E-state index in [2.05, 4.69) is 18.6 Å². The zero-order valence-corrected chi connectivity index (χ0v) is 16.3. The summed E-state index contributed by atoms with van der Waals surface area (Å²) in [7, 11) is 0. The predicted molar refractivity (Wildman–Crippen MR) is 104 cm³/mol. The van der Waals surface area contributed by atoms with Crippen LogP contribution in [0.1, 0.15) is 11.1 Å². The third-order valence-corrected chi connectivity index (χ3v) is 3.09. The van der Waals surface area contributed by atoms with Crippen molar-refractivity contribution in [3.05, 3.63) is 122 Å². The van der Waals surface area contributed by atoms with E-state index in [4.69, 9.17) is 9.30 Å². The van der Waals surface area contributed by atoms with Gasteiger partial charge in [-0.15, -0.1) is 0 Å². The maximum Gasteiger partial charge on any atom is 0.00506 e. The van der Waals surface area contributed by atoms with Gasteiger partial charge in [-0.1, -0.05) is 85.0 Å². The van der Waals surface area contributed by atoms with Gasteiger partial charge in [-0.25, -0.2) is 0 Å². The second-order valence-corrected chi connectivity index (χ2v) is 4.91. The Hall–Kier alpha value is -2.87. The number of amides is 1. The molecule has 2 radical (unpaired) electrons. The van der Waals surface area contributed by atoms with Crippen molar-refractivity contribution in [1.82, 2.24) is 5.32 Å². The molecule has 142 valence electrons. The van der Waals surface area contributed by atoms with E-state index in [1.54, 1.807) is 12.2 Å². The molecule has 1 amide bonds. The topological polar surface area (TPSA) is 68.9 Å². The molecule has 0 aliphatic heterocycles. The van der Waals surface area contributed by atoms with Crippen LogP contribution >= 0.6 is 0 Å². The van der Waals surface area contributed by atoms with E-state index in [1.807, 2.05) is 91.4 Å². The van der Waals surface area contributed by atoms with Crippen molar-refractivity contribution >= 4 is 12.0 Å². The van der Waals surface area contributed by atoms with E-state index in [0.29, 0.717) is 6.54 Å². The van der Waals surface area contributed by atoms with Gasteiger partial charge in [0.1, 0.15) is 0 Å². The maximum absolute atomic E-state index is 11.6. The Kier molecular flexibility index (Phi) is 20.0. The molecule has 1 aliphatic rings. The molecule has 0 saturated heterocycles. The molecule has 0 bridgehead atoms. The summed E-state index contributed by atoms with van der Waals surface area (Å²) < 4.78 is 15.0. The fraction of sp³-hybridized carbons (Fsp3) is 0.0435. The third-order valence-electron chi connectivity index (χ3n) is 3.09. The summed E-state index contributed by atoms with van der Waals surface area (Å²) >= 11 is 0. The summed E-state index contributed by atoms with van der Waals surface area (Å²) in [6.07, 6.45) is 13.4. The monoisotopic (exact) mass is 413 g/mol. The molecule has 0 spiro atoms. The molecule has 0 saturated carbocycles. The number of hydrogen-bond donors (Lipinski definition) is 1. The Balaban J connectivity index is 0. The van der Waals surface area contributed by atoms with Crippen LogP contribution in [-0.2, 0) is 37.7 Å². The van der Waals surface area contributed by atoms with Gasteiger partial charge in [0.15, 0.2) is 0 Å². The van der Waals surface area contributed by atoms with Crippen molar-refractivity contribution in [2.24, 2.45) is 0 Å². The van der Waals surface area contributed by atoms with Crippen LogP contribution in [0.5, 0.6) is 0 Å². The molecule has 0 fully saturated rings. The van der Waals surface area contributed by atoms with Crippen molar-refractivity contribution in [3.8, 4) is 0 Å². The normalized spacial score (nSPS) is 10.0. The molecule has 5 heteroatoms. The number of carbonyl (C=O) groups is 1. The standard InChI is InChI=1S/C16H15NO.C5H5.2CO.Mn/c18-16(12-11-14-7-3-1-4-8-14)17-13-15-9-5-2-6-10-15;1-2-4-5-3-1;2*1-2;/h1-12H,13H2,(H,17,18);1-5H;;;. The third kappa shape index (κ3) is 14.3. The van der Waals surface area contributed by atoms with Gasteiger partial charge in [0, 0.05) is 36.1 Å². The number of nitrogens with one attached hydrogen (secondary N) is 1. The summed E-state index contributed by atoms with van der Waals surface area (Å²) in [5.41, 5.74) is 2.12. The quantitative estimate of drug-likeness (QED) is 0.346. The Bertz CT molecular complexity index is 747. The van der Waals surface area contributed by atoms with Crippen molar-refractivity contribution in [3.63, 3.8) is 0 Å². The number of rotatable bonds is 4. The summed E-state index contributed by atoms with van der Waals surface area (Å²) in [5, 5.41) is 2.84. The number of benzene rings is 2. The minimum atomic E-state index is -0.0808. The first-order valence-corrected chi connectivity index (χ1v) is 7.97. The molecule has 2 aromatic rings. The summed E-state index contributed by atoms with van der Waals surface area (Å²) in [4.78, 5) is 11.6. The fourth-order valence-corrected chi connectivity index (χ4v) is 1.90. The molecule has 3 rings (SSSR count). The maximum atomic E-state index is 11.6. The molecular weight excluding hydrogens is 393 g/mol. The van der Waals surface area contributed by atoms with Crippen LogP contribution in [0.25, 0.3) is 6.08 Å². The van der Waals surface area contributed by atoms with E-state index in [1.165, 1.54) is 0 Å². The fourth-order valence-electron chi connectivity index (χ4n) is 1.90. The van der Waals surface area contributed by atoms with E-state index < -0.39 is 0 Å². The largest absolute Gasteiger partial charge is 0.0767 e. The zero-order chi connectivity index (χ0) is 20.2. The summed E-state index contributed by atoms with van der Waals surface area (Å²) in [6, 6.07) is 19.6. The number of hydrogen-bond acceptors (Lipinski definition) is 1. The van der Waals surface area contributed by atoms with Crippen LogP contribution in [0, 0.1) is 19.7 Å². The molecule has 28 heavy (non-hydrogen) atoms. The van der Waals surface area contributed by atoms with Crippen LogP contribution in [0.2, 0.25) is 0 Å². The van der Waals surface area contributed by atoms with Crippen molar-refractivity contribution in [2.45, 2.75) is 6.54 Å². The van der Waals surface area contributed by atoms with Crippen LogP contribution in [-0.4, -0.2) is 5.91 Å². The van der Waals surface area contributed by atoms with Crippen LogP contribution < -0.4 is 5.32 Å². The second kappa shape index (κ2) is 20.4. The van der Waals surface area contributed by atoms with Gasteiger partial charge in [0.25, 0.3) is 0 Å². The first-order valence-electron chi connectivity index (χ1n) is 7.97. The average molecular weight is 413 g/mol. The molecule has 2 aromatic carbocycles. The summed E-state index contributed by atoms with van der Waals surface area (Å²) in [6.45, 7) is 9.55. The number of carbonyl (C=O) groups excluding carboxylic acids is 1. The zero-order valence-electron chi connectivity index (χ0n) is 15.1. The Morgan fingerprint density at radius 1 is 0.821 bits per heavy atom. The SMILES string of the molecule is O=C(C=Cc1ccccc1)NCc1ccccc1.[C-]#[O+].[C-]#[O+].[CH]1C=CC=C1.[Mn]. The Morgan fingerprint density at radius 3 is 1.79 bits per heavy atom. The van der Waals surface area contributed by atoms with E-state index in [-0.39, 0.29) is 23.0 Å². The first-order chi connectivity index (χ1) is 13.3. The van der Waals surface area contributed by atoms with Gasteiger partial charge in [0.05, 0.1) is 0 Å². The van der Waals surface area contributed by atoms with Crippen LogP contribution in [0.15, 0.2) is 91.0 Å². The second-order valence-electron chi connectivity index (χ2n) is 4.91. The van der Waals surface area contributed by atoms with Gasteiger partial charge < -0.3 is 5.32 Å². The van der Waals surface area contributed by atoms with E-state index in [0.717, 1.165) is 11.1 Å². The Labute approximate surface area is 177 Å². The van der Waals surface area contributed by atoms with Crippen LogP contribution in [0.4, 0.5) is 0 Å². The van der Waals surface area contributed by atoms with Gasteiger partial charge in [-0.2, -0.15) is 0 Å². The molecule has 0 atom stereocenters. The van der Waals surface area contributed by atoms with Gasteiger partial charge in [-0.3, -0.25) is 4.79 Å². The van der Waals surface area contributed by atoms with Gasteiger partial charge in [-0.05, 0) is 17.2 Å². The van der Waals surface area contributed by atoms with E-state index in [9.17, 15) is 4.79 Å².